The molecule has 4 aromatic rings. The number of thioether (sulfide) groups is 1. The zero-order valence-corrected chi connectivity index (χ0v) is 18.8. The van der Waals surface area contributed by atoms with Crippen LogP contribution < -0.4 is 10.1 Å². The number of aromatic nitrogens is 5. The van der Waals surface area contributed by atoms with Gasteiger partial charge in [-0.2, -0.15) is 4.68 Å². The Morgan fingerprint density at radius 2 is 2.03 bits per heavy atom. The minimum absolute atomic E-state index is 0.176. The molecule has 1 amide bonds. The Morgan fingerprint density at radius 3 is 2.81 bits per heavy atom. The van der Waals surface area contributed by atoms with E-state index < -0.39 is 5.25 Å². The first kappa shape index (κ1) is 21.0. The Labute approximate surface area is 187 Å². The van der Waals surface area contributed by atoms with E-state index in [1.54, 1.807) is 18.7 Å². The smallest absolute Gasteiger partial charge is 0.239 e. The fourth-order valence-electron chi connectivity index (χ4n) is 2.86. The zero-order chi connectivity index (χ0) is 21.8. The first-order valence-electron chi connectivity index (χ1n) is 9.47. The normalized spacial score (nSPS) is 11.8. The van der Waals surface area contributed by atoms with E-state index in [-0.39, 0.29) is 5.91 Å². The van der Waals surface area contributed by atoms with Gasteiger partial charge in [-0.05, 0) is 42.0 Å². The maximum absolute atomic E-state index is 12.7. The number of ether oxygens (including phenoxy) is 1. The van der Waals surface area contributed by atoms with Crippen LogP contribution >= 0.6 is 23.1 Å². The average Bonchev–Trinajstić information content (AvgIpc) is 3.44. The molecule has 0 aliphatic carbocycles. The highest BCUT2D eigenvalue weighted by molar-refractivity contribution is 8.00. The summed E-state index contributed by atoms with van der Waals surface area (Å²) in [6.45, 7) is 3.78. The standard InChI is InChI=1S/C21H20N6O2S2/c1-13-9-10-18(29-3)17(11-13)27-21(24-25-26-27)31-14(2)19(28)23-20-22-16(12-30-20)15-7-5-4-6-8-15/h4-12,14H,1-3H3,(H,22,23,28). The molecule has 0 aliphatic rings. The van der Waals surface area contributed by atoms with Crippen molar-refractivity contribution in [1.82, 2.24) is 25.2 Å². The topological polar surface area (TPSA) is 94.8 Å². The van der Waals surface area contributed by atoms with Crippen molar-refractivity contribution < 1.29 is 9.53 Å². The number of nitrogens with zero attached hydrogens (tertiary/aromatic N) is 5. The molecule has 1 unspecified atom stereocenters. The van der Waals surface area contributed by atoms with E-state index in [1.807, 2.05) is 60.8 Å². The fourth-order valence-corrected chi connectivity index (χ4v) is 4.38. The van der Waals surface area contributed by atoms with Gasteiger partial charge in [-0.25, -0.2) is 4.98 Å². The zero-order valence-electron chi connectivity index (χ0n) is 17.1. The molecular weight excluding hydrogens is 432 g/mol. The largest absolute Gasteiger partial charge is 0.494 e. The molecule has 10 heteroatoms. The van der Waals surface area contributed by atoms with Gasteiger partial charge in [-0.15, -0.1) is 16.4 Å². The molecule has 31 heavy (non-hydrogen) atoms. The van der Waals surface area contributed by atoms with Crippen molar-refractivity contribution in [2.75, 3.05) is 12.4 Å². The minimum Gasteiger partial charge on any atom is -0.494 e. The molecule has 1 atom stereocenters. The summed E-state index contributed by atoms with van der Waals surface area (Å²) in [7, 11) is 1.60. The molecule has 0 saturated carbocycles. The lowest BCUT2D eigenvalue weighted by molar-refractivity contribution is -0.115. The summed E-state index contributed by atoms with van der Waals surface area (Å²) in [6, 6.07) is 15.6. The molecule has 2 heterocycles. The molecule has 0 spiro atoms. The molecule has 4 rings (SSSR count). The first-order valence-corrected chi connectivity index (χ1v) is 11.2. The highest BCUT2D eigenvalue weighted by Gasteiger charge is 2.21. The second-order valence-electron chi connectivity index (χ2n) is 6.70. The number of aryl methyl sites for hydroxylation is 1. The lowest BCUT2D eigenvalue weighted by Gasteiger charge is -2.12. The van der Waals surface area contributed by atoms with E-state index in [0.717, 1.165) is 22.5 Å². The second-order valence-corrected chi connectivity index (χ2v) is 8.87. The van der Waals surface area contributed by atoms with Gasteiger partial charge in [0.25, 0.3) is 0 Å². The highest BCUT2D eigenvalue weighted by atomic mass is 32.2. The number of methoxy groups -OCH3 is 1. The molecule has 0 aliphatic heterocycles. The average molecular weight is 453 g/mol. The molecule has 0 fully saturated rings. The summed E-state index contributed by atoms with van der Waals surface area (Å²) in [6.07, 6.45) is 0. The van der Waals surface area contributed by atoms with Crippen LogP contribution in [-0.2, 0) is 4.79 Å². The van der Waals surface area contributed by atoms with Gasteiger partial charge in [-0.3, -0.25) is 4.79 Å². The van der Waals surface area contributed by atoms with Gasteiger partial charge in [0.1, 0.15) is 11.4 Å². The van der Waals surface area contributed by atoms with Gasteiger partial charge in [0.05, 0.1) is 18.1 Å². The van der Waals surface area contributed by atoms with Crippen LogP contribution in [0.15, 0.2) is 59.1 Å². The molecule has 1 N–H and O–H groups in total. The number of hydrogen-bond acceptors (Lipinski definition) is 8. The number of benzene rings is 2. The van der Waals surface area contributed by atoms with E-state index in [9.17, 15) is 4.79 Å². The maximum atomic E-state index is 12.7. The van der Waals surface area contributed by atoms with E-state index >= 15 is 0 Å². The number of rotatable bonds is 7. The van der Waals surface area contributed by atoms with Crippen LogP contribution in [0.4, 0.5) is 5.13 Å². The van der Waals surface area contributed by atoms with Crippen LogP contribution in [0.25, 0.3) is 16.9 Å². The van der Waals surface area contributed by atoms with Gasteiger partial charge < -0.3 is 10.1 Å². The molecule has 158 valence electrons. The van der Waals surface area contributed by atoms with Gasteiger partial charge in [0, 0.05) is 10.9 Å². The summed E-state index contributed by atoms with van der Waals surface area (Å²) in [5, 5.41) is 17.4. The Hall–Kier alpha value is -3.24. The Kier molecular flexibility index (Phi) is 6.28. The molecule has 0 radical (unpaired) electrons. The van der Waals surface area contributed by atoms with Crippen molar-refractivity contribution in [3.05, 3.63) is 59.5 Å². The quantitative estimate of drug-likeness (QED) is 0.420. The number of nitrogens with one attached hydrogen (secondary N) is 1. The third-order valence-electron chi connectivity index (χ3n) is 4.46. The monoisotopic (exact) mass is 452 g/mol. The van der Waals surface area contributed by atoms with Crippen LogP contribution in [0.2, 0.25) is 0 Å². The van der Waals surface area contributed by atoms with Crippen molar-refractivity contribution in [3.63, 3.8) is 0 Å². The fraction of sp³-hybridized carbons (Fsp3) is 0.190. The van der Waals surface area contributed by atoms with Crippen LogP contribution in [-0.4, -0.2) is 43.5 Å². The Bertz CT molecular complexity index is 1190. The van der Waals surface area contributed by atoms with Crippen molar-refractivity contribution in [3.8, 4) is 22.7 Å². The summed E-state index contributed by atoms with van der Waals surface area (Å²) in [4.78, 5) is 17.3. The molecule has 8 nitrogen and oxygen atoms in total. The second kappa shape index (κ2) is 9.27. The van der Waals surface area contributed by atoms with Crippen molar-refractivity contribution >= 4 is 34.1 Å². The van der Waals surface area contributed by atoms with E-state index in [4.69, 9.17) is 4.74 Å². The summed E-state index contributed by atoms with van der Waals surface area (Å²) < 4.78 is 7.02. The minimum atomic E-state index is -0.440. The van der Waals surface area contributed by atoms with Gasteiger partial charge >= 0.3 is 0 Å². The predicted molar refractivity (Wildman–Crippen MR) is 122 cm³/mol. The number of thiazole rings is 1. The van der Waals surface area contributed by atoms with E-state index in [0.29, 0.717) is 16.0 Å². The van der Waals surface area contributed by atoms with Crippen LogP contribution in [0.3, 0.4) is 0 Å². The number of tetrazole rings is 1. The summed E-state index contributed by atoms with van der Waals surface area (Å²) in [5.74, 6) is 0.470. The molecule has 0 bridgehead atoms. The number of carbonyl (C=O) groups excluding carboxylic acids is 1. The maximum Gasteiger partial charge on any atom is 0.239 e. The van der Waals surface area contributed by atoms with E-state index in [2.05, 4.69) is 25.8 Å². The number of hydrogen-bond donors (Lipinski definition) is 1. The number of amides is 1. The van der Waals surface area contributed by atoms with E-state index in [1.165, 1.54) is 23.1 Å². The SMILES string of the molecule is COc1ccc(C)cc1-n1nnnc1SC(C)C(=O)Nc1nc(-c2ccccc2)cs1. The van der Waals surface area contributed by atoms with Gasteiger partial charge in [-0.1, -0.05) is 48.2 Å². The van der Waals surface area contributed by atoms with Crippen LogP contribution in [0.1, 0.15) is 12.5 Å². The highest BCUT2D eigenvalue weighted by Crippen LogP contribution is 2.30. The third kappa shape index (κ3) is 4.75. The molecule has 2 aromatic heterocycles. The summed E-state index contributed by atoms with van der Waals surface area (Å²) in [5.41, 5.74) is 3.60. The third-order valence-corrected chi connectivity index (χ3v) is 6.25. The van der Waals surface area contributed by atoms with Gasteiger partial charge in [0.2, 0.25) is 11.1 Å². The van der Waals surface area contributed by atoms with Crippen molar-refractivity contribution in [2.24, 2.45) is 0 Å². The number of anilines is 1. The lowest BCUT2D eigenvalue weighted by atomic mass is 10.2. The van der Waals surface area contributed by atoms with Crippen molar-refractivity contribution in [1.29, 1.82) is 0 Å². The van der Waals surface area contributed by atoms with Crippen LogP contribution in [0, 0.1) is 6.92 Å². The Morgan fingerprint density at radius 1 is 1.23 bits per heavy atom. The summed E-state index contributed by atoms with van der Waals surface area (Å²) >= 11 is 2.65. The molecular formula is C21H20N6O2S2. The molecule has 0 saturated heterocycles. The van der Waals surface area contributed by atoms with Crippen molar-refractivity contribution in [2.45, 2.75) is 24.3 Å². The first-order chi connectivity index (χ1) is 15.0. The predicted octanol–water partition coefficient (Wildman–Crippen LogP) is 4.22. The van der Waals surface area contributed by atoms with Crippen LogP contribution in [0.5, 0.6) is 5.75 Å². The van der Waals surface area contributed by atoms with Gasteiger partial charge in [0.15, 0.2) is 5.13 Å². The molecule has 2 aromatic carbocycles. The number of carbonyl (C=O) groups is 1. The Balaban J connectivity index is 1.47. The lowest BCUT2D eigenvalue weighted by Crippen LogP contribution is -2.22.